The number of rotatable bonds is 2. The summed E-state index contributed by atoms with van der Waals surface area (Å²) in [6.07, 6.45) is 6.18. The molecule has 1 aromatic carbocycles. The summed E-state index contributed by atoms with van der Waals surface area (Å²) >= 11 is 0. The first-order chi connectivity index (χ1) is 11.5. The molecule has 4 rings (SSSR count). The summed E-state index contributed by atoms with van der Waals surface area (Å²) in [5, 5.41) is 15.9. The van der Waals surface area contributed by atoms with Crippen molar-refractivity contribution in [1.82, 2.24) is 10.2 Å². The van der Waals surface area contributed by atoms with Gasteiger partial charge in [-0.05, 0) is 25.0 Å². The van der Waals surface area contributed by atoms with Gasteiger partial charge < -0.3 is 15.3 Å². The number of aromatic hydroxyl groups is 1. The third-order valence-corrected chi connectivity index (χ3v) is 5.47. The number of nitrogens with zero attached hydrogens (tertiary/aromatic N) is 1. The lowest BCUT2D eigenvalue weighted by molar-refractivity contribution is -0.140. The highest BCUT2D eigenvalue weighted by molar-refractivity contribution is 6.10. The van der Waals surface area contributed by atoms with Gasteiger partial charge >= 0.3 is 0 Å². The van der Waals surface area contributed by atoms with Crippen LogP contribution in [-0.4, -0.2) is 33.9 Å². The van der Waals surface area contributed by atoms with Crippen LogP contribution in [0.15, 0.2) is 30.9 Å². The predicted octanol–water partition coefficient (Wildman–Crippen LogP) is 1.82. The highest BCUT2D eigenvalue weighted by Crippen LogP contribution is 2.48. The quantitative estimate of drug-likeness (QED) is 0.724. The van der Waals surface area contributed by atoms with Gasteiger partial charge in [0.15, 0.2) is 0 Å². The molecule has 2 aliphatic heterocycles. The van der Waals surface area contributed by atoms with Crippen molar-refractivity contribution >= 4 is 17.5 Å². The Morgan fingerprint density at radius 2 is 2.00 bits per heavy atom. The largest absolute Gasteiger partial charge is 0.508 e. The van der Waals surface area contributed by atoms with Gasteiger partial charge in [0.05, 0.1) is 5.69 Å². The molecule has 0 unspecified atom stereocenters. The molecule has 1 atom stereocenters. The van der Waals surface area contributed by atoms with Gasteiger partial charge in [-0.3, -0.25) is 14.9 Å². The van der Waals surface area contributed by atoms with Crippen LogP contribution in [0.25, 0.3) is 0 Å². The average Bonchev–Trinajstić information content (AvgIpc) is 2.96. The van der Waals surface area contributed by atoms with Gasteiger partial charge in [-0.2, -0.15) is 0 Å². The van der Waals surface area contributed by atoms with Gasteiger partial charge in [0.25, 0.3) is 5.91 Å². The van der Waals surface area contributed by atoms with Gasteiger partial charge in [0.1, 0.15) is 11.3 Å². The van der Waals surface area contributed by atoms with Gasteiger partial charge in [-0.15, -0.1) is 6.58 Å². The van der Waals surface area contributed by atoms with Crippen molar-refractivity contribution in [1.29, 1.82) is 0 Å². The van der Waals surface area contributed by atoms with Crippen LogP contribution < -0.4 is 10.6 Å². The molecule has 2 fully saturated rings. The summed E-state index contributed by atoms with van der Waals surface area (Å²) < 4.78 is 0. The summed E-state index contributed by atoms with van der Waals surface area (Å²) in [5.41, 5.74) is -0.672. The van der Waals surface area contributed by atoms with Crippen molar-refractivity contribution in [3.05, 3.63) is 36.4 Å². The lowest BCUT2D eigenvalue weighted by Crippen LogP contribution is -2.57. The van der Waals surface area contributed by atoms with Crippen LogP contribution >= 0.6 is 0 Å². The van der Waals surface area contributed by atoms with E-state index in [1.807, 2.05) is 0 Å². The van der Waals surface area contributed by atoms with E-state index in [0.29, 0.717) is 17.8 Å². The maximum Gasteiger partial charge on any atom is 0.270 e. The molecular formula is C18H21N3O3. The number of hydrogen-bond acceptors (Lipinski definition) is 4. The minimum atomic E-state index is -1.22. The maximum absolute atomic E-state index is 13.2. The van der Waals surface area contributed by atoms with Crippen molar-refractivity contribution in [2.75, 3.05) is 11.9 Å². The van der Waals surface area contributed by atoms with E-state index in [0.717, 1.165) is 32.1 Å². The molecule has 3 aliphatic rings. The smallest absolute Gasteiger partial charge is 0.270 e. The summed E-state index contributed by atoms with van der Waals surface area (Å²) in [6, 6.07) is 4.78. The van der Waals surface area contributed by atoms with Gasteiger partial charge in [-0.25, -0.2) is 0 Å². The van der Waals surface area contributed by atoms with Crippen molar-refractivity contribution < 1.29 is 14.7 Å². The highest BCUT2D eigenvalue weighted by atomic mass is 16.3. The number of benzene rings is 1. The van der Waals surface area contributed by atoms with Crippen molar-refractivity contribution in [2.45, 2.75) is 43.3 Å². The summed E-state index contributed by atoms with van der Waals surface area (Å²) in [6.45, 7) is 4.04. The molecule has 126 valence electrons. The predicted molar refractivity (Wildman–Crippen MR) is 89.3 cm³/mol. The van der Waals surface area contributed by atoms with Crippen LogP contribution in [0.1, 0.15) is 37.7 Å². The Morgan fingerprint density at radius 3 is 2.71 bits per heavy atom. The molecule has 3 N–H and O–H groups in total. The fourth-order valence-corrected chi connectivity index (χ4v) is 4.40. The molecule has 2 spiro atoms. The fraction of sp³-hybridized carbons (Fsp3) is 0.444. The second kappa shape index (κ2) is 5.08. The molecule has 2 heterocycles. The van der Waals surface area contributed by atoms with Crippen molar-refractivity contribution in [3.63, 3.8) is 0 Å². The summed E-state index contributed by atoms with van der Waals surface area (Å²) in [7, 11) is 0. The van der Waals surface area contributed by atoms with E-state index in [1.54, 1.807) is 23.1 Å². The topological polar surface area (TPSA) is 81.7 Å². The zero-order valence-electron chi connectivity index (χ0n) is 13.5. The second-order valence-electron chi connectivity index (χ2n) is 6.87. The molecule has 2 amide bonds. The number of carbonyl (C=O) groups excluding carboxylic acids is 2. The highest BCUT2D eigenvalue weighted by Gasteiger charge is 2.65. The maximum atomic E-state index is 13.2. The van der Waals surface area contributed by atoms with E-state index >= 15 is 0 Å². The molecule has 1 saturated carbocycles. The molecule has 0 radical (unpaired) electrons. The van der Waals surface area contributed by atoms with E-state index in [4.69, 9.17) is 0 Å². The molecule has 1 aromatic rings. The number of phenolic OH excluding ortho intramolecular Hbond substituents is 1. The first kappa shape index (κ1) is 15.2. The monoisotopic (exact) mass is 327 g/mol. The molecule has 0 aromatic heterocycles. The second-order valence-corrected chi connectivity index (χ2v) is 6.87. The number of fused-ring (bicyclic) bond motifs is 2. The van der Waals surface area contributed by atoms with Crippen LogP contribution in [0.4, 0.5) is 5.69 Å². The number of phenols is 1. The van der Waals surface area contributed by atoms with Gasteiger partial charge in [0, 0.05) is 18.2 Å². The van der Waals surface area contributed by atoms with Crippen LogP contribution in [0.5, 0.6) is 5.75 Å². The Hall–Kier alpha value is -2.34. The molecular weight excluding hydrogens is 306 g/mol. The van der Waals surface area contributed by atoms with E-state index in [9.17, 15) is 14.7 Å². The Kier molecular flexibility index (Phi) is 3.22. The summed E-state index contributed by atoms with van der Waals surface area (Å²) in [4.78, 5) is 27.8. The number of nitrogens with one attached hydrogen (secondary N) is 2. The van der Waals surface area contributed by atoms with Crippen molar-refractivity contribution in [3.8, 4) is 5.75 Å². The Labute approximate surface area is 140 Å². The van der Waals surface area contributed by atoms with E-state index < -0.39 is 11.2 Å². The fourth-order valence-electron chi connectivity index (χ4n) is 4.40. The number of amides is 2. The minimum Gasteiger partial charge on any atom is -0.508 e. The van der Waals surface area contributed by atoms with Crippen LogP contribution in [0.3, 0.4) is 0 Å². The minimum absolute atomic E-state index is 0.0295. The Bertz CT molecular complexity index is 739. The molecule has 1 saturated heterocycles. The molecule has 6 nitrogen and oxygen atoms in total. The normalized spacial score (nSPS) is 27.6. The van der Waals surface area contributed by atoms with E-state index in [-0.39, 0.29) is 17.6 Å². The Balaban J connectivity index is 1.88. The number of hydrogen-bond donors (Lipinski definition) is 3. The van der Waals surface area contributed by atoms with Crippen LogP contribution in [-0.2, 0) is 15.3 Å². The van der Waals surface area contributed by atoms with Gasteiger partial charge in [-0.1, -0.05) is 25.3 Å². The zero-order chi connectivity index (χ0) is 16.9. The molecule has 6 heteroatoms. The van der Waals surface area contributed by atoms with Crippen molar-refractivity contribution in [2.24, 2.45) is 0 Å². The third kappa shape index (κ3) is 1.80. The lowest BCUT2D eigenvalue weighted by atomic mass is 9.81. The zero-order valence-corrected chi connectivity index (χ0v) is 13.5. The average molecular weight is 327 g/mol. The SMILES string of the molecule is C=CCN1C(=O)C2(CCCCC2)N[C@@]12C(=O)Nc1cc(O)ccc12. The Morgan fingerprint density at radius 1 is 1.25 bits per heavy atom. The summed E-state index contributed by atoms with van der Waals surface area (Å²) in [5.74, 6) is -0.225. The first-order valence-corrected chi connectivity index (χ1v) is 8.41. The number of carbonyl (C=O) groups is 2. The molecule has 24 heavy (non-hydrogen) atoms. The standard InChI is InChI=1S/C18H21N3O3/c1-2-10-21-16(24)17(8-4-3-5-9-17)20-18(21)13-7-6-12(22)11-14(13)19-15(18)23/h2,6-7,11,20,22H,1,3-5,8-10H2,(H,19,23)/t18-/m1/s1. The number of anilines is 1. The molecule has 1 aliphatic carbocycles. The van der Waals surface area contributed by atoms with Gasteiger partial charge in [0.2, 0.25) is 11.6 Å². The third-order valence-electron chi connectivity index (χ3n) is 5.47. The lowest BCUT2D eigenvalue weighted by Gasteiger charge is -2.33. The van der Waals surface area contributed by atoms with Crippen LogP contribution in [0, 0.1) is 0 Å². The van der Waals surface area contributed by atoms with E-state index in [2.05, 4.69) is 17.2 Å². The molecule has 0 bridgehead atoms. The van der Waals surface area contributed by atoms with Crippen LogP contribution in [0.2, 0.25) is 0 Å². The van der Waals surface area contributed by atoms with E-state index in [1.165, 1.54) is 6.07 Å². The first-order valence-electron chi connectivity index (χ1n) is 8.41.